The monoisotopic (exact) mass is 825 g/mol. The minimum atomic E-state index is -1.10. The molecule has 2 heteroatoms. The Labute approximate surface area is 373 Å². The van der Waals surface area contributed by atoms with Crippen LogP contribution in [0, 0.1) is 19.3 Å². The molecule has 2 nitrogen and oxygen atoms in total. The molecule has 4 aromatic rings. The lowest BCUT2D eigenvalue weighted by atomic mass is 9.56. The number of para-hydroxylation sites is 1. The zero-order chi connectivity index (χ0) is 44.8. The van der Waals surface area contributed by atoms with Gasteiger partial charge in [-0.1, -0.05) is 206 Å². The molecule has 0 aromatic heterocycles. The average Bonchev–Trinajstić information content (AvgIpc) is 3.19. The van der Waals surface area contributed by atoms with E-state index in [0.29, 0.717) is 18.3 Å². The summed E-state index contributed by atoms with van der Waals surface area (Å²) < 4.78 is 8.54. The van der Waals surface area contributed by atoms with Crippen LogP contribution in [0.5, 0.6) is 5.75 Å². The Balaban J connectivity index is 1.88. The summed E-state index contributed by atoms with van der Waals surface area (Å²) in [6.45, 7) is 35.4. The fourth-order valence-corrected chi connectivity index (χ4v) is 11.4. The standard InChI is InChI=1S/C59H84O2/c1-40-34-48(54(3,4)5)46(49(35-40)55(6,7)8)38-58(15,39-60)59(47-32-24-22-30-44(47)42-26-18-16-19-27-42,61-52-33-25-23-31-45(52)43-28-20-17-21-29-43)53-50(56(9,10)11)36-41(2)37-51(53)57(12,13)14/h22-25,30-37,42-43,60H,16-21,26-29,38-39H2,1-15H3. The lowest BCUT2D eigenvalue weighted by Gasteiger charge is -2.53. The molecule has 0 heterocycles. The van der Waals surface area contributed by atoms with Gasteiger partial charge in [-0.25, -0.2) is 0 Å². The van der Waals surface area contributed by atoms with Gasteiger partial charge < -0.3 is 9.84 Å². The SMILES string of the molecule is Cc1cc(C(C)(C)C)c(CC(C)(CO)C(Oc2ccccc2C2CCCCC2)(c2ccccc2C2CCCCC2)c2c(C(C)(C)C)cc(C)cc2C(C)(C)C)c(C(C)(C)C)c1. The molecule has 2 saturated carbocycles. The van der Waals surface area contributed by atoms with Crippen molar-refractivity contribution in [2.45, 2.75) is 214 Å². The van der Waals surface area contributed by atoms with Crippen molar-refractivity contribution in [3.05, 3.63) is 134 Å². The van der Waals surface area contributed by atoms with E-state index in [1.165, 1.54) is 125 Å². The first-order valence-electron chi connectivity index (χ1n) is 24.2. The van der Waals surface area contributed by atoms with E-state index in [2.05, 4.69) is 177 Å². The largest absolute Gasteiger partial charge is 0.477 e. The zero-order valence-corrected chi connectivity index (χ0v) is 41.4. The van der Waals surface area contributed by atoms with Gasteiger partial charge >= 0.3 is 0 Å². The molecule has 61 heavy (non-hydrogen) atoms. The Kier molecular flexibility index (Phi) is 13.6. The highest BCUT2D eigenvalue weighted by Crippen LogP contribution is 2.59. The summed E-state index contributed by atoms with van der Waals surface area (Å²) in [5.74, 6) is 1.83. The third-order valence-corrected chi connectivity index (χ3v) is 14.6. The third kappa shape index (κ3) is 9.61. The van der Waals surface area contributed by atoms with E-state index in [9.17, 15) is 5.11 Å². The van der Waals surface area contributed by atoms with Crippen LogP contribution in [-0.2, 0) is 33.7 Å². The topological polar surface area (TPSA) is 29.5 Å². The zero-order valence-electron chi connectivity index (χ0n) is 41.4. The van der Waals surface area contributed by atoms with E-state index in [4.69, 9.17) is 4.74 Å². The summed E-state index contributed by atoms with van der Waals surface area (Å²) in [6.07, 6.45) is 12.9. The number of hydrogen-bond donors (Lipinski definition) is 1. The first-order chi connectivity index (χ1) is 28.4. The second-order valence-corrected chi connectivity index (χ2v) is 24.0. The highest BCUT2D eigenvalue weighted by atomic mass is 16.5. The maximum atomic E-state index is 12.9. The molecule has 6 rings (SSSR count). The van der Waals surface area contributed by atoms with Crippen molar-refractivity contribution in [3.63, 3.8) is 0 Å². The van der Waals surface area contributed by atoms with Crippen LogP contribution in [0.25, 0.3) is 0 Å². The molecular formula is C59H84O2. The van der Waals surface area contributed by atoms with Crippen molar-refractivity contribution in [3.8, 4) is 5.75 Å². The minimum absolute atomic E-state index is 0.0559. The molecular weight excluding hydrogens is 741 g/mol. The van der Waals surface area contributed by atoms with Gasteiger partial charge in [-0.2, -0.15) is 0 Å². The molecule has 2 unspecified atom stereocenters. The fraction of sp³-hybridized carbons (Fsp3) is 0.593. The van der Waals surface area contributed by atoms with Crippen LogP contribution in [-0.4, -0.2) is 11.7 Å². The normalized spacial score (nSPS) is 18.4. The molecule has 0 radical (unpaired) electrons. The number of aryl methyl sites for hydroxylation is 2. The summed E-state index contributed by atoms with van der Waals surface area (Å²) in [5.41, 5.74) is 11.8. The quantitative estimate of drug-likeness (QED) is 0.173. The van der Waals surface area contributed by atoms with Gasteiger partial charge in [0.1, 0.15) is 5.75 Å². The van der Waals surface area contributed by atoms with Crippen molar-refractivity contribution in [1.82, 2.24) is 0 Å². The highest BCUT2D eigenvalue weighted by Gasteiger charge is 2.58. The van der Waals surface area contributed by atoms with Crippen LogP contribution >= 0.6 is 0 Å². The number of rotatable bonds is 10. The minimum Gasteiger partial charge on any atom is -0.477 e. The molecule has 2 aliphatic rings. The Morgan fingerprint density at radius 1 is 0.492 bits per heavy atom. The molecule has 2 fully saturated rings. The molecule has 0 aliphatic heterocycles. The smallest absolute Gasteiger partial charge is 0.168 e. The predicted octanol–water partition coefficient (Wildman–Crippen LogP) is 16.2. The molecule has 1 N–H and O–H groups in total. The maximum absolute atomic E-state index is 12.9. The van der Waals surface area contributed by atoms with E-state index in [1.54, 1.807) is 0 Å². The maximum Gasteiger partial charge on any atom is 0.168 e. The van der Waals surface area contributed by atoms with Crippen LogP contribution in [0.15, 0.2) is 72.8 Å². The van der Waals surface area contributed by atoms with E-state index in [-0.39, 0.29) is 28.3 Å². The molecule has 0 saturated heterocycles. The first-order valence-corrected chi connectivity index (χ1v) is 24.2. The second kappa shape index (κ2) is 17.7. The van der Waals surface area contributed by atoms with Gasteiger partial charge in [0.15, 0.2) is 5.60 Å². The molecule has 0 bridgehead atoms. The fourth-order valence-electron chi connectivity index (χ4n) is 11.4. The van der Waals surface area contributed by atoms with Gasteiger partial charge in [-0.15, -0.1) is 0 Å². The van der Waals surface area contributed by atoms with Crippen molar-refractivity contribution >= 4 is 0 Å². The van der Waals surface area contributed by atoms with Gasteiger partial charge in [0, 0.05) is 16.5 Å². The lowest BCUT2D eigenvalue weighted by Crippen LogP contribution is -2.56. The van der Waals surface area contributed by atoms with Crippen molar-refractivity contribution in [2.24, 2.45) is 5.41 Å². The van der Waals surface area contributed by atoms with Crippen LogP contribution < -0.4 is 4.74 Å². The number of ether oxygens (including phenoxy) is 1. The van der Waals surface area contributed by atoms with Crippen molar-refractivity contribution < 1.29 is 9.84 Å². The molecule has 2 aliphatic carbocycles. The van der Waals surface area contributed by atoms with E-state index in [0.717, 1.165) is 5.75 Å². The molecule has 0 amide bonds. The summed E-state index contributed by atoms with van der Waals surface area (Å²) in [4.78, 5) is 0. The molecule has 332 valence electrons. The molecule has 0 spiro atoms. The highest BCUT2D eigenvalue weighted by molar-refractivity contribution is 5.59. The summed E-state index contributed by atoms with van der Waals surface area (Å²) >= 11 is 0. The van der Waals surface area contributed by atoms with Crippen LogP contribution in [0.2, 0.25) is 0 Å². The number of aliphatic hydroxyl groups is 1. The van der Waals surface area contributed by atoms with Gasteiger partial charge in [0.25, 0.3) is 0 Å². The number of benzene rings is 4. The van der Waals surface area contributed by atoms with Crippen molar-refractivity contribution in [2.75, 3.05) is 6.61 Å². The summed E-state index contributed by atoms with van der Waals surface area (Å²) in [5, 5.41) is 12.9. The van der Waals surface area contributed by atoms with Crippen LogP contribution in [0.1, 0.15) is 227 Å². The van der Waals surface area contributed by atoms with E-state index < -0.39 is 11.0 Å². The van der Waals surface area contributed by atoms with Gasteiger partial charge in [0.2, 0.25) is 0 Å². The average molecular weight is 825 g/mol. The Morgan fingerprint density at radius 3 is 1.33 bits per heavy atom. The lowest BCUT2D eigenvalue weighted by molar-refractivity contribution is -0.0599. The summed E-state index contributed by atoms with van der Waals surface area (Å²) in [6, 6.07) is 28.2. The molecule has 4 aromatic carbocycles. The van der Waals surface area contributed by atoms with Crippen LogP contribution in [0.3, 0.4) is 0 Å². The van der Waals surface area contributed by atoms with Gasteiger partial charge in [-0.05, 0) is 124 Å². The second-order valence-electron chi connectivity index (χ2n) is 24.0. The third-order valence-electron chi connectivity index (χ3n) is 14.6. The van der Waals surface area contributed by atoms with Crippen LogP contribution in [0.4, 0.5) is 0 Å². The number of aliphatic hydroxyl groups excluding tert-OH is 1. The van der Waals surface area contributed by atoms with E-state index in [1.807, 2.05) is 0 Å². The Bertz CT molecular complexity index is 2060. The Hall–Kier alpha value is -3.36. The molecule has 2 atom stereocenters. The Morgan fingerprint density at radius 2 is 0.885 bits per heavy atom. The van der Waals surface area contributed by atoms with Gasteiger partial charge in [-0.3, -0.25) is 0 Å². The van der Waals surface area contributed by atoms with Gasteiger partial charge in [0.05, 0.1) is 6.61 Å². The predicted molar refractivity (Wildman–Crippen MR) is 262 cm³/mol. The summed E-state index contributed by atoms with van der Waals surface area (Å²) in [7, 11) is 0. The van der Waals surface area contributed by atoms with Crippen molar-refractivity contribution in [1.29, 1.82) is 0 Å². The first kappa shape index (κ1) is 47.1. The van der Waals surface area contributed by atoms with E-state index >= 15 is 0 Å². The number of hydrogen-bond acceptors (Lipinski definition) is 2.